The fourth-order valence-corrected chi connectivity index (χ4v) is 3.82. The monoisotopic (exact) mass is 349 g/mol. The molecule has 0 bridgehead atoms. The van der Waals surface area contributed by atoms with Gasteiger partial charge >= 0.3 is 5.97 Å². The molecule has 5 nitrogen and oxygen atoms in total. The Hall–Kier alpha value is -0.920. The van der Waals surface area contributed by atoms with Crippen molar-refractivity contribution < 1.29 is 17.9 Å². The topological polar surface area (TPSA) is 72.5 Å². The molecule has 7 heteroatoms. The molecule has 0 aliphatic carbocycles. The summed E-state index contributed by atoms with van der Waals surface area (Å²) in [5, 5.41) is 0. The second-order valence-corrected chi connectivity index (χ2v) is 7.50. The maximum absolute atomic E-state index is 12.2. The van der Waals surface area contributed by atoms with Crippen LogP contribution in [0.25, 0.3) is 0 Å². The fraction of sp³-hybridized carbons (Fsp3) is 0.417. The van der Waals surface area contributed by atoms with Crippen LogP contribution in [0.2, 0.25) is 0 Å². The minimum absolute atomic E-state index is 0.00493. The van der Waals surface area contributed by atoms with Crippen molar-refractivity contribution in [1.82, 2.24) is 4.72 Å². The van der Waals surface area contributed by atoms with Crippen LogP contribution in [-0.4, -0.2) is 27.0 Å². The number of methoxy groups -OCH3 is 1. The molecule has 0 atom stereocenters. The van der Waals surface area contributed by atoms with Gasteiger partial charge in [-0.05, 0) is 54.9 Å². The highest BCUT2D eigenvalue weighted by Gasteiger charge is 2.25. The highest BCUT2D eigenvalue weighted by atomic mass is 79.9. The maximum Gasteiger partial charge on any atom is 0.337 e. The van der Waals surface area contributed by atoms with Crippen molar-refractivity contribution in [2.75, 3.05) is 7.11 Å². The molecule has 1 aromatic carbocycles. The lowest BCUT2D eigenvalue weighted by molar-refractivity contribution is 0.0600. The summed E-state index contributed by atoms with van der Waals surface area (Å²) >= 11 is 3.17. The lowest BCUT2D eigenvalue weighted by atomic mass is 10.1. The van der Waals surface area contributed by atoms with E-state index >= 15 is 0 Å². The average Bonchev–Trinajstić information content (AvgIpc) is 2.25. The summed E-state index contributed by atoms with van der Waals surface area (Å²) in [5.74, 6) is -0.584. The summed E-state index contributed by atoms with van der Waals surface area (Å²) < 4.78 is 32.0. The Labute approximate surface area is 121 Å². The lowest BCUT2D eigenvalue weighted by Crippen LogP contribution is -2.40. The first-order valence-electron chi connectivity index (χ1n) is 5.49. The van der Waals surface area contributed by atoms with Crippen LogP contribution in [0.15, 0.2) is 27.6 Å². The van der Waals surface area contributed by atoms with E-state index in [1.54, 1.807) is 20.8 Å². The van der Waals surface area contributed by atoms with Gasteiger partial charge in [0.05, 0.1) is 17.6 Å². The molecule has 0 spiro atoms. The maximum atomic E-state index is 12.2. The van der Waals surface area contributed by atoms with Crippen molar-refractivity contribution in [3.05, 3.63) is 28.2 Å². The number of rotatable bonds is 3. The number of sulfonamides is 1. The number of nitrogens with one attached hydrogen (secondary N) is 1. The van der Waals surface area contributed by atoms with Gasteiger partial charge in [0.1, 0.15) is 0 Å². The number of ether oxygens (including phenoxy) is 1. The molecule has 19 heavy (non-hydrogen) atoms. The molecule has 0 aliphatic rings. The SMILES string of the molecule is COC(=O)c1ccc(Br)c(S(=O)(=O)NC(C)(C)C)c1. The second kappa shape index (κ2) is 5.60. The zero-order valence-electron chi connectivity index (χ0n) is 11.2. The quantitative estimate of drug-likeness (QED) is 0.850. The molecule has 1 rings (SSSR count). The van der Waals surface area contributed by atoms with Crippen molar-refractivity contribution >= 4 is 31.9 Å². The molecule has 1 N–H and O–H groups in total. The summed E-state index contributed by atoms with van der Waals surface area (Å²) in [5.41, 5.74) is -0.431. The molecule has 0 aliphatic heterocycles. The molecule has 0 fully saturated rings. The van der Waals surface area contributed by atoms with Gasteiger partial charge in [-0.25, -0.2) is 17.9 Å². The molecule has 0 saturated heterocycles. The third-order valence-corrected chi connectivity index (χ3v) is 4.83. The molecule has 1 aromatic rings. The van der Waals surface area contributed by atoms with E-state index in [9.17, 15) is 13.2 Å². The van der Waals surface area contributed by atoms with E-state index in [0.717, 1.165) is 0 Å². The first-order chi connectivity index (χ1) is 8.57. The predicted molar refractivity (Wildman–Crippen MR) is 75.6 cm³/mol. The average molecular weight is 350 g/mol. The van der Waals surface area contributed by atoms with Crippen molar-refractivity contribution in [2.45, 2.75) is 31.2 Å². The predicted octanol–water partition coefficient (Wildman–Crippen LogP) is 2.31. The normalized spacial score (nSPS) is 12.3. The Morgan fingerprint density at radius 3 is 2.37 bits per heavy atom. The van der Waals surface area contributed by atoms with Crippen LogP contribution >= 0.6 is 15.9 Å². The third kappa shape index (κ3) is 4.29. The van der Waals surface area contributed by atoms with Crippen LogP contribution in [0.1, 0.15) is 31.1 Å². The molecule has 0 heterocycles. The van der Waals surface area contributed by atoms with Crippen LogP contribution in [0.4, 0.5) is 0 Å². The van der Waals surface area contributed by atoms with Gasteiger partial charge in [0.25, 0.3) is 0 Å². The van der Waals surface area contributed by atoms with Crippen molar-refractivity contribution in [1.29, 1.82) is 0 Å². The van der Waals surface area contributed by atoms with Gasteiger partial charge in [-0.2, -0.15) is 0 Å². The minimum Gasteiger partial charge on any atom is -0.465 e. The van der Waals surface area contributed by atoms with Gasteiger partial charge in [0.2, 0.25) is 10.0 Å². The van der Waals surface area contributed by atoms with E-state index in [1.165, 1.54) is 25.3 Å². The molecule has 0 aromatic heterocycles. The van der Waals surface area contributed by atoms with Gasteiger partial charge in [0, 0.05) is 10.0 Å². The first-order valence-corrected chi connectivity index (χ1v) is 7.76. The van der Waals surface area contributed by atoms with Crippen molar-refractivity contribution in [2.24, 2.45) is 0 Å². The zero-order chi connectivity index (χ0) is 14.8. The number of hydrogen-bond acceptors (Lipinski definition) is 4. The second-order valence-electron chi connectivity index (χ2n) is 4.99. The van der Waals surface area contributed by atoms with E-state index < -0.39 is 21.5 Å². The Kier molecular flexibility index (Phi) is 4.76. The number of halogens is 1. The highest BCUT2D eigenvalue weighted by Crippen LogP contribution is 2.24. The van der Waals surface area contributed by atoms with Crippen LogP contribution in [0.3, 0.4) is 0 Å². The Morgan fingerprint density at radius 2 is 1.89 bits per heavy atom. The van der Waals surface area contributed by atoms with E-state index in [-0.39, 0.29) is 10.5 Å². The van der Waals surface area contributed by atoms with E-state index in [4.69, 9.17) is 0 Å². The Morgan fingerprint density at radius 1 is 1.32 bits per heavy atom. The zero-order valence-corrected chi connectivity index (χ0v) is 13.6. The number of benzene rings is 1. The number of carbonyl (C=O) groups excluding carboxylic acids is 1. The number of hydrogen-bond donors (Lipinski definition) is 1. The largest absolute Gasteiger partial charge is 0.465 e. The Balaban J connectivity index is 3.30. The molecule has 0 amide bonds. The summed E-state index contributed by atoms with van der Waals surface area (Å²) in [4.78, 5) is 11.4. The van der Waals surface area contributed by atoms with E-state index in [1.807, 2.05) is 0 Å². The fourth-order valence-electron chi connectivity index (χ4n) is 1.41. The highest BCUT2D eigenvalue weighted by molar-refractivity contribution is 9.10. The lowest BCUT2D eigenvalue weighted by Gasteiger charge is -2.21. The smallest absolute Gasteiger partial charge is 0.337 e. The number of carbonyl (C=O) groups is 1. The molecular formula is C12H16BrNO4S. The van der Waals surface area contributed by atoms with Gasteiger partial charge in [-0.3, -0.25) is 0 Å². The minimum atomic E-state index is -3.72. The van der Waals surface area contributed by atoms with Gasteiger partial charge in [0.15, 0.2) is 0 Å². The molecular weight excluding hydrogens is 334 g/mol. The van der Waals surface area contributed by atoms with Crippen molar-refractivity contribution in [3.8, 4) is 0 Å². The number of esters is 1. The van der Waals surface area contributed by atoms with Gasteiger partial charge in [-0.15, -0.1) is 0 Å². The van der Waals surface area contributed by atoms with Gasteiger partial charge in [-0.1, -0.05) is 0 Å². The summed E-state index contributed by atoms with van der Waals surface area (Å²) in [6.07, 6.45) is 0. The van der Waals surface area contributed by atoms with Crippen LogP contribution in [0.5, 0.6) is 0 Å². The van der Waals surface area contributed by atoms with Crippen molar-refractivity contribution in [3.63, 3.8) is 0 Å². The van der Waals surface area contributed by atoms with Crippen LogP contribution in [0, 0.1) is 0 Å². The van der Waals surface area contributed by atoms with Gasteiger partial charge < -0.3 is 4.74 Å². The molecule has 0 radical (unpaired) electrons. The summed E-state index contributed by atoms with van der Waals surface area (Å²) in [6.45, 7) is 5.22. The van der Waals surface area contributed by atoms with Crippen LogP contribution < -0.4 is 4.72 Å². The first kappa shape index (κ1) is 16.1. The summed E-state index contributed by atoms with van der Waals surface area (Å²) in [7, 11) is -2.48. The summed E-state index contributed by atoms with van der Waals surface area (Å²) in [6, 6.07) is 4.28. The molecule has 0 unspecified atom stereocenters. The molecule has 0 saturated carbocycles. The molecule has 106 valence electrons. The Bertz CT molecular complexity index is 590. The third-order valence-electron chi connectivity index (χ3n) is 2.08. The van der Waals surface area contributed by atoms with Crippen LogP contribution in [-0.2, 0) is 14.8 Å². The van der Waals surface area contributed by atoms with E-state index in [0.29, 0.717) is 4.47 Å². The standard InChI is InChI=1S/C12H16BrNO4S/c1-12(2,3)14-19(16,17)10-7-8(11(15)18-4)5-6-9(10)13/h5-7,14H,1-4H3. The van der Waals surface area contributed by atoms with E-state index in [2.05, 4.69) is 25.4 Å².